The quantitative estimate of drug-likeness (QED) is 0.761. The molecule has 1 N–H and O–H groups in total. The van der Waals surface area contributed by atoms with Crippen LogP contribution in [-0.2, 0) is 14.3 Å². The van der Waals surface area contributed by atoms with E-state index in [-0.39, 0.29) is 0 Å². The number of nitriles is 1. The highest BCUT2D eigenvalue weighted by atomic mass is 35.5. The number of benzene rings is 2. The number of nitrogens with zero attached hydrogens (tertiary/aromatic N) is 1. The summed E-state index contributed by atoms with van der Waals surface area (Å²) >= 11 is 5.93. The van der Waals surface area contributed by atoms with Crippen molar-refractivity contribution in [3.05, 3.63) is 58.6 Å². The van der Waals surface area contributed by atoms with Gasteiger partial charge in [0.1, 0.15) is 5.75 Å². The number of anilines is 1. The second-order valence-corrected chi connectivity index (χ2v) is 6.36. The minimum absolute atomic E-state index is 0.421. The van der Waals surface area contributed by atoms with Crippen LogP contribution in [0.1, 0.15) is 25.0 Å². The molecule has 0 aliphatic carbocycles. The Labute approximate surface area is 162 Å². The third kappa shape index (κ3) is 5.73. The lowest BCUT2D eigenvalue weighted by Gasteiger charge is -2.18. The SMILES string of the molecule is Cc1ccc(Cl)cc1NC(=O)[C@@H](C)OC(=O)[C@@H](C)Oc1ccc(C#N)cc1. The third-order valence-corrected chi connectivity index (χ3v) is 3.98. The molecule has 0 fully saturated rings. The minimum Gasteiger partial charge on any atom is -0.479 e. The summed E-state index contributed by atoms with van der Waals surface area (Å²) in [6.07, 6.45) is -1.93. The Hall–Kier alpha value is -3.04. The summed E-state index contributed by atoms with van der Waals surface area (Å²) in [5.41, 5.74) is 1.88. The van der Waals surface area contributed by atoms with Crippen molar-refractivity contribution in [1.29, 1.82) is 5.26 Å². The molecule has 2 aromatic rings. The normalized spacial score (nSPS) is 12.4. The van der Waals surface area contributed by atoms with Gasteiger partial charge in [0.05, 0.1) is 11.6 Å². The molecule has 7 heteroatoms. The Bertz CT molecular complexity index is 875. The van der Waals surface area contributed by atoms with Crippen molar-refractivity contribution in [3.63, 3.8) is 0 Å². The molecule has 0 heterocycles. The number of hydrogen-bond acceptors (Lipinski definition) is 5. The molecule has 2 rings (SSSR count). The van der Waals surface area contributed by atoms with Crippen LogP contribution in [0, 0.1) is 18.3 Å². The van der Waals surface area contributed by atoms with Crippen molar-refractivity contribution >= 4 is 29.2 Å². The van der Waals surface area contributed by atoms with E-state index in [1.54, 1.807) is 42.5 Å². The van der Waals surface area contributed by atoms with Crippen LogP contribution in [0.4, 0.5) is 5.69 Å². The molecule has 140 valence electrons. The van der Waals surface area contributed by atoms with Gasteiger partial charge >= 0.3 is 5.97 Å². The average Bonchev–Trinajstić information content (AvgIpc) is 2.65. The predicted molar refractivity (Wildman–Crippen MR) is 102 cm³/mol. The highest BCUT2D eigenvalue weighted by molar-refractivity contribution is 6.31. The van der Waals surface area contributed by atoms with Gasteiger partial charge in [0, 0.05) is 10.7 Å². The van der Waals surface area contributed by atoms with E-state index in [4.69, 9.17) is 26.3 Å². The summed E-state index contributed by atoms with van der Waals surface area (Å²) in [5, 5.41) is 12.0. The number of hydrogen-bond donors (Lipinski definition) is 1. The smallest absolute Gasteiger partial charge is 0.347 e. The van der Waals surface area contributed by atoms with Crippen LogP contribution in [0.25, 0.3) is 0 Å². The Morgan fingerprint density at radius 2 is 1.78 bits per heavy atom. The van der Waals surface area contributed by atoms with E-state index in [2.05, 4.69) is 5.32 Å². The largest absolute Gasteiger partial charge is 0.479 e. The number of esters is 1. The molecule has 0 radical (unpaired) electrons. The Balaban J connectivity index is 1.92. The highest BCUT2D eigenvalue weighted by Crippen LogP contribution is 2.20. The van der Waals surface area contributed by atoms with E-state index in [0.29, 0.717) is 22.0 Å². The lowest BCUT2D eigenvalue weighted by Crippen LogP contribution is -2.35. The second-order valence-electron chi connectivity index (χ2n) is 5.92. The zero-order valence-corrected chi connectivity index (χ0v) is 15.9. The Morgan fingerprint density at radius 3 is 2.41 bits per heavy atom. The monoisotopic (exact) mass is 386 g/mol. The zero-order valence-electron chi connectivity index (χ0n) is 15.2. The van der Waals surface area contributed by atoms with E-state index in [9.17, 15) is 9.59 Å². The second kappa shape index (κ2) is 9.06. The molecule has 0 bridgehead atoms. The molecule has 0 aliphatic heterocycles. The zero-order chi connectivity index (χ0) is 20.0. The molecule has 0 aromatic heterocycles. The van der Waals surface area contributed by atoms with E-state index >= 15 is 0 Å². The van der Waals surface area contributed by atoms with Gasteiger partial charge in [-0.2, -0.15) is 5.26 Å². The Kier molecular flexibility index (Phi) is 6.80. The van der Waals surface area contributed by atoms with Crippen LogP contribution in [-0.4, -0.2) is 24.1 Å². The summed E-state index contributed by atoms with van der Waals surface area (Å²) in [4.78, 5) is 24.4. The average molecular weight is 387 g/mol. The fraction of sp³-hybridized carbons (Fsp3) is 0.250. The van der Waals surface area contributed by atoms with Gasteiger partial charge in [-0.1, -0.05) is 17.7 Å². The number of nitrogens with one attached hydrogen (secondary N) is 1. The molecule has 0 saturated carbocycles. The first-order chi connectivity index (χ1) is 12.8. The molecule has 2 aromatic carbocycles. The van der Waals surface area contributed by atoms with Gasteiger partial charge < -0.3 is 14.8 Å². The molecule has 2 atom stereocenters. The van der Waals surface area contributed by atoms with Crippen LogP contribution < -0.4 is 10.1 Å². The van der Waals surface area contributed by atoms with Crippen molar-refractivity contribution in [1.82, 2.24) is 0 Å². The topological polar surface area (TPSA) is 88.4 Å². The van der Waals surface area contributed by atoms with Crippen molar-refractivity contribution in [2.75, 3.05) is 5.32 Å². The molecular formula is C20H19ClN2O4. The first-order valence-electron chi connectivity index (χ1n) is 8.24. The van der Waals surface area contributed by atoms with E-state index in [0.717, 1.165) is 5.56 Å². The van der Waals surface area contributed by atoms with E-state index < -0.39 is 24.1 Å². The van der Waals surface area contributed by atoms with E-state index in [1.807, 2.05) is 13.0 Å². The minimum atomic E-state index is -1.01. The van der Waals surface area contributed by atoms with Crippen LogP contribution in [0.3, 0.4) is 0 Å². The van der Waals surface area contributed by atoms with Gasteiger partial charge in [-0.15, -0.1) is 0 Å². The third-order valence-electron chi connectivity index (χ3n) is 3.75. The lowest BCUT2D eigenvalue weighted by molar-refractivity contribution is -0.159. The van der Waals surface area contributed by atoms with Crippen molar-refractivity contribution < 1.29 is 19.1 Å². The molecule has 6 nitrogen and oxygen atoms in total. The fourth-order valence-corrected chi connectivity index (χ4v) is 2.32. The summed E-state index contributed by atoms with van der Waals surface area (Å²) in [6, 6.07) is 13.4. The van der Waals surface area contributed by atoms with E-state index in [1.165, 1.54) is 13.8 Å². The predicted octanol–water partition coefficient (Wildman–Crippen LogP) is 3.86. The summed E-state index contributed by atoms with van der Waals surface area (Å²) in [6.45, 7) is 4.82. The van der Waals surface area contributed by atoms with Gasteiger partial charge in [0.15, 0.2) is 12.2 Å². The molecule has 0 unspecified atom stereocenters. The molecule has 0 spiro atoms. The number of amides is 1. The maximum absolute atomic E-state index is 12.3. The van der Waals surface area contributed by atoms with Crippen LogP contribution in [0.15, 0.2) is 42.5 Å². The molecular weight excluding hydrogens is 368 g/mol. The lowest BCUT2D eigenvalue weighted by atomic mass is 10.2. The molecule has 0 saturated heterocycles. The number of halogens is 1. The van der Waals surface area contributed by atoms with Gasteiger partial charge in [-0.05, 0) is 62.7 Å². The standard InChI is InChI=1S/C20H19ClN2O4/c1-12-4-7-16(21)10-18(12)23-19(24)13(2)27-20(25)14(3)26-17-8-5-15(11-22)6-9-17/h4-10,13-14H,1-3H3,(H,23,24)/t13-,14-/m1/s1. The van der Waals surface area contributed by atoms with Gasteiger partial charge in [0.2, 0.25) is 0 Å². The first kappa shape index (κ1) is 20.3. The number of carbonyl (C=O) groups excluding carboxylic acids is 2. The van der Waals surface area contributed by atoms with Crippen LogP contribution in [0.5, 0.6) is 5.75 Å². The summed E-state index contributed by atoms with van der Waals surface area (Å²) in [7, 11) is 0. The summed E-state index contributed by atoms with van der Waals surface area (Å²) < 4.78 is 10.6. The number of aryl methyl sites for hydroxylation is 1. The highest BCUT2D eigenvalue weighted by Gasteiger charge is 2.23. The summed E-state index contributed by atoms with van der Waals surface area (Å²) in [5.74, 6) is -0.728. The maximum atomic E-state index is 12.3. The number of ether oxygens (including phenoxy) is 2. The first-order valence-corrected chi connectivity index (χ1v) is 8.62. The molecule has 0 aliphatic rings. The van der Waals surface area contributed by atoms with Gasteiger partial charge in [-0.3, -0.25) is 4.79 Å². The Morgan fingerprint density at radius 1 is 1.11 bits per heavy atom. The van der Waals surface area contributed by atoms with Crippen LogP contribution in [0.2, 0.25) is 5.02 Å². The van der Waals surface area contributed by atoms with Crippen molar-refractivity contribution in [3.8, 4) is 11.8 Å². The number of carbonyl (C=O) groups is 2. The number of rotatable bonds is 6. The van der Waals surface area contributed by atoms with Crippen molar-refractivity contribution in [2.45, 2.75) is 33.0 Å². The van der Waals surface area contributed by atoms with Crippen molar-refractivity contribution in [2.24, 2.45) is 0 Å². The fourth-order valence-electron chi connectivity index (χ4n) is 2.15. The van der Waals surface area contributed by atoms with Crippen LogP contribution >= 0.6 is 11.6 Å². The van der Waals surface area contributed by atoms with Gasteiger partial charge in [-0.25, -0.2) is 4.79 Å². The molecule has 27 heavy (non-hydrogen) atoms. The van der Waals surface area contributed by atoms with Gasteiger partial charge in [0.25, 0.3) is 5.91 Å². The molecule has 1 amide bonds. The maximum Gasteiger partial charge on any atom is 0.347 e.